The first-order valence-electron chi connectivity index (χ1n) is 7.30. The van der Waals surface area contributed by atoms with Gasteiger partial charge in [0.1, 0.15) is 5.75 Å². The molecule has 0 amide bonds. The summed E-state index contributed by atoms with van der Waals surface area (Å²) < 4.78 is 5.78. The van der Waals surface area contributed by atoms with E-state index in [0.29, 0.717) is 6.04 Å². The number of rotatable bonds is 9. The molecule has 0 aliphatic carbocycles. The van der Waals surface area contributed by atoms with E-state index in [1.807, 2.05) is 30.3 Å². The molecule has 0 spiro atoms. The standard InChI is InChI=1S/C17H23NOS/c1-2-18-16(9-8-15-11-13-20-14-15)10-12-19-17-6-4-3-5-7-17/h3-7,11,13-14,16,18H,2,8-10,12H2,1H3. The van der Waals surface area contributed by atoms with Crippen molar-refractivity contribution in [2.24, 2.45) is 0 Å². The van der Waals surface area contributed by atoms with Gasteiger partial charge >= 0.3 is 0 Å². The number of ether oxygens (including phenoxy) is 1. The highest BCUT2D eigenvalue weighted by molar-refractivity contribution is 7.07. The van der Waals surface area contributed by atoms with E-state index in [-0.39, 0.29) is 0 Å². The van der Waals surface area contributed by atoms with Gasteiger partial charge in [-0.15, -0.1) is 0 Å². The summed E-state index contributed by atoms with van der Waals surface area (Å²) in [7, 11) is 0. The van der Waals surface area contributed by atoms with Gasteiger partial charge in [0, 0.05) is 6.04 Å². The van der Waals surface area contributed by atoms with Crippen LogP contribution < -0.4 is 10.1 Å². The zero-order valence-corrected chi connectivity index (χ0v) is 12.9. The Bertz CT molecular complexity index is 455. The second kappa shape index (κ2) is 8.77. The summed E-state index contributed by atoms with van der Waals surface area (Å²) in [6.07, 6.45) is 3.36. The van der Waals surface area contributed by atoms with Crippen LogP contribution >= 0.6 is 11.3 Å². The minimum absolute atomic E-state index is 0.531. The largest absolute Gasteiger partial charge is 0.494 e. The molecule has 2 nitrogen and oxygen atoms in total. The Labute approximate surface area is 125 Å². The SMILES string of the molecule is CCNC(CCOc1ccccc1)CCc1ccsc1. The minimum atomic E-state index is 0.531. The summed E-state index contributed by atoms with van der Waals surface area (Å²) >= 11 is 1.77. The van der Waals surface area contributed by atoms with Crippen molar-refractivity contribution in [2.75, 3.05) is 13.2 Å². The van der Waals surface area contributed by atoms with Crippen molar-refractivity contribution >= 4 is 11.3 Å². The Morgan fingerprint density at radius 2 is 2.00 bits per heavy atom. The van der Waals surface area contributed by atoms with Gasteiger partial charge in [0.25, 0.3) is 0 Å². The van der Waals surface area contributed by atoms with Crippen LogP contribution in [0, 0.1) is 0 Å². The lowest BCUT2D eigenvalue weighted by molar-refractivity contribution is 0.282. The number of aryl methyl sites for hydroxylation is 1. The molecule has 1 atom stereocenters. The van der Waals surface area contributed by atoms with Crippen LogP contribution in [0.2, 0.25) is 0 Å². The highest BCUT2D eigenvalue weighted by atomic mass is 32.1. The Kier molecular flexibility index (Phi) is 6.61. The van der Waals surface area contributed by atoms with Crippen LogP contribution in [0.3, 0.4) is 0 Å². The van der Waals surface area contributed by atoms with Gasteiger partial charge in [-0.05, 0) is 60.3 Å². The first-order valence-corrected chi connectivity index (χ1v) is 8.25. The molecule has 0 bridgehead atoms. The smallest absolute Gasteiger partial charge is 0.119 e. The third-order valence-electron chi connectivity index (χ3n) is 3.33. The molecule has 0 aliphatic rings. The monoisotopic (exact) mass is 289 g/mol. The maximum absolute atomic E-state index is 5.78. The van der Waals surface area contributed by atoms with Crippen LogP contribution in [-0.2, 0) is 6.42 Å². The van der Waals surface area contributed by atoms with Crippen molar-refractivity contribution in [3.63, 3.8) is 0 Å². The average molecular weight is 289 g/mol. The fraction of sp³-hybridized carbons (Fsp3) is 0.412. The Morgan fingerprint density at radius 1 is 1.15 bits per heavy atom. The van der Waals surface area contributed by atoms with E-state index in [1.165, 1.54) is 12.0 Å². The number of hydrogen-bond donors (Lipinski definition) is 1. The Balaban J connectivity index is 1.71. The number of para-hydroxylation sites is 1. The zero-order chi connectivity index (χ0) is 14.0. The zero-order valence-electron chi connectivity index (χ0n) is 12.0. The molecule has 1 unspecified atom stereocenters. The van der Waals surface area contributed by atoms with Crippen LogP contribution in [0.25, 0.3) is 0 Å². The van der Waals surface area contributed by atoms with Crippen LogP contribution in [0.5, 0.6) is 5.75 Å². The third-order valence-corrected chi connectivity index (χ3v) is 4.06. The lowest BCUT2D eigenvalue weighted by Crippen LogP contribution is -2.31. The highest BCUT2D eigenvalue weighted by Gasteiger charge is 2.08. The van der Waals surface area contributed by atoms with Gasteiger partial charge in [0.2, 0.25) is 0 Å². The summed E-state index contributed by atoms with van der Waals surface area (Å²) in [5, 5.41) is 7.94. The van der Waals surface area contributed by atoms with Crippen molar-refractivity contribution in [2.45, 2.75) is 32.2 Å². The molecule has 2 rings (SSSR count). The van der Waals surface area contributed by atoms with E-state index in [4.69, 9.17) is 4.74 Å². The number of thiophene rings is 1. The number of nitrogens with one attached hydrogen (secondary N) is 1. The molecule has 0 radical (unpaired) electrons. The lowest BCUT2D eigenvalue weighted by atomic mass is 10.1. The Hall–Kier alpha value is -1.32. The fourth-order valence-corrected chi connectivity index (χ4v) is 2.95. The second-order valence-corrected chi connectivity index (χ2v) is 5.66. The van der Waals surface area contributed by atoms with Gasteiger partial charge in [-0.25, -0.2) is 0 Å². The molecular formula is C17H23NOS. The Morgan fingerprint density at radius 3 is 2.70 bits per heavy atom. The predicted molar refractivity (Wildman–Crippen MR) is 86.7 cm³/mol. The second-order valence-electron chi connectivity index (χ2n) is 4.88. The van der Waals surface area contributed by atoms with E-state index in [1.54, 1.807) is 11.3 Å². The summed E-state index contributed by atoms with van der Waals surface area (Å²) in [6, 6.07) is 12.8. The molecule has 0 aliphatic heterocycles. The van der Waals surface area contributed by atoms with Crippen molar-refractivity contribution in [1.82, 2.24) is 5.32 Å². The minimum Gasteiger partial charge on any atom is -0.494 e. The number of hydrogen-bond acceptors (Lipinski definition) is 3. The molecule has 0 fully saturated rings. The maximum Gasteiger partial charge on any atom is 0.119 e. The van der Waals surface area contributed by atoms with E-state index >= 15 is 0 Å². The molecule has 108 valence electrons. The van der Waals surface area contributed by atoms with E-state index in [0.717, 1.165) is 31.7 Å². The van der Waals surface area contributed by atoms with Gasteiger partial charge in [-0.2, -0.15) is 11.3 Å². The summed E-state index contributed by atoms with van der Waals surface area (Å²) in [6.45, 7) is 3.95. The van der Waals surface area contributed by atoms with Gasteiger partial charge in [0.05, 0.1) is 6.61 Å². The van der Waals surface area contributed by atoms with E-state index in [2.05, 4.69) is 29.1 Å². The van der Waals surface area contributed by atoms with Crippen LogP contribution in [0.4, 0.5) is 0 Å². The molecule has 1 N–H and O–H groups in total. The lowest BCUT2D eigenvalue weighted by Gasteiger charge is -2.18. The highest BCUT2D eigenvalue weighted by Crippen LogP contribution is 2.13. The van der Waals surface area contributed by atoms with Crippen LogP contribution in [0.15, 0.2) is 47.2 Å². The van der Waals surface area contributed by atoms with Crippen molar-refractivity contribution in [3.8, 4) is 5.75 Å². The fourth-order valence-electron chi connectivity index (χ4n) is 2.25. The molecular weight excluding hydrogens is 266 g/mol. The van der Waals surface area contributed by atoms with Crippen molar-refractivity contribution in [3.05, 3.63) is 52.7 Å². The van der Waals surface area contributed by atoms with Gasteiger partial charge in [-0.1, -0.05) is 25.1 Å². The summed E-state index contributed by atoms with van der Waals surface area (Å²) in [4.78, 5) is 0. The predicted octanol–water partition coefficient (Wildman–Crippen LogP) is 4.13. The average Bonchev–Trinajstić information content (AvgIpc) is 2.99. The van der Waals surface area contributed by atoms with Crippen molar-refractivity contribution < 1.29 is 4.74 Å². The normalized spacial score (nSPS) is 12.2. The van der Waals surface area contributed by atoms with Gasteiger partial charge < -0.3 is 10.1 Å². The van der Waals surface area contributed by atoms with E-state index in [9.17, 15) is 0 Å². The van der Waals surface area contributed by atoms with Crippen molar-refractivity contribution in [1.29, 1.82) is 0 Å². The van der Waals surface area contributed by atoms with Gasteiger partial charge in [-0.3, -0.25) is 0 Å². The number of benzene rings is 1. The molecule has 2 aromatic rings. The molecule has 0 saturated heterocycles. The summed E-state index contributed by atoms with van der Waals surface area (Å²) in [5.74, 6) is 0.959. The molecule has 0 saturated carbocycles. The topological polar surface area (TPSA) is 21.3 Å². The van der Waals surface area contributed by atoms with E-state index < -0.39 is 0 Å². The third kappa shape index (κ3) is 5.35. The van der Waals surface area contributed by atoms with Gasteiger partial charge in [0.15, 0.2) is 0 Å². The summed E-state index contributed by atoms with van der Waals surface area (Å²) in [5.41, 5.74) is 1.45. The van der Waals surface area contributed by atoms with Crippen LogP contribution in [0.1, 0.15) is 25.3 Å². The molecule has 1 aromatic carbocycles. The molecule has 20 heavy (non-hydrogen) atoms. The first kappa shape index (κ1) is 15.1. The molecule has 1 heterocycles. The first-order chi connectivity index (χ1) is 9.88. The van der Waals surface area contributed by atoms with Crippen LogP contribution in [-0.4, -0.2) is 19.2 Å². The quantitative estimate of drug-likeness (QED) is 0.749. The molecule has 3 heteroatoms. The molecule has 1 aromatic heterocycles. The maximum atomic E-state index is 5.78.